The monoisotopic (exact) mass is 272 g/mol. The van der Waals surface area contributed by atoms with Crippen molar-refractivity contribution in [1.29, 1.82) is 0 Å². The molecule has 0 N–H and O–H groups in total. The summed E-state index contributed by atoms with van der Waals surface area (Å²) >= 11 is 0. The van der Waals surface area contributed by atoms with Crippen molar-refractivity contribution in [3.8, 4) is 0 Å². The molecule has 0 spiro atoms. The van der Waals surface area contributed by atoms with Crippen LogP contribution in [0.3, 0.4) is 0 Å². The number of anilines is 3. The molecule has 0 aromatic heterocycles. The Morgan fingerprint density at radius 2 is 1.00 bits per heavy atom. The molecule has 95 valence electrons. The second-order valence-electron chi connectivity index (χ2n) is 4.52. The van der Waals surface area contributed by atoms with Crippen LogP contribution in [0.2, 0.25) is 0 Å². The van der Waals surface area contributed by atoms with Gasteiger partial charge < -0.3 is 4.90 Å². The van der Waals surface area contributed by atoms with Crippen LogP contribution >= 0.6 is 0 Å². The largest absolute Gasteiger partial charge is 0.311 e. The lowest BCUT2D eigenvalue weighted by Crippen LogP contribution is -2.18. The van der Waals surface area contributed by atoms with Crippen LogP contribution in [0.5, 0.6) is 0 Å². The number of nitrogens with zero attached hydrogens (tertiary/aromatic N) is 1. The van der Waals surface area contributed by atoms with Crippen molar-refractivity contribution in [3.05, 3.63) is 84.9 Å². The van der Waals surface area contributed by atoms with Gasteiger partial charge in [-0.05, 0) is 35.5 Å². The van der Waals surface area contributed by atoms with Crippen LogP contribution in [0.25, 0.3) is 0 Å². The zero-order valence-electron chi connectivity index (χ0n) is 11.0. The molecule has 0 aliphatic carbocycles. The van der Waals surface area contributed by atoms with E-state index in [0.717, 1.165) is 22.2 Å². The van der Waals surface area contributed by atoms with Crippen LogP contribution in [0.15, 0.2) is 84.9 Å². The highest BCUT2D eigenvalue weighted by Gasteiger charge is 2.12. The Kier molecular flexibility index (Phi) is 3.66. The number of hydrogen-bond acceptors (Lipinski definition) is 1. The molecule has 1 nitrogen and oxygen atoms in total. The van der Waals surface area contributed by atoms with Gasteiger partial charge in [0.05, 0.1) is 10.2 Å². The molecule has 3 rings (SSSR count). The van der Waals surface area contributed by atoms with Gasteiger partial charge in [0.15, 0.2) is 0 Å². The zero-order chi connectivity index (χ0) is 13.8. The predicted molar refractivity (Wildman–Crippen MR) is 86.5 cm³/mol. The summed E-state index contributed by atoms with van der Waals surface area (Å²) in [5.74, 6) is 0. The van der Waals surface area contributed by atoms with E-state index in [-0.39, 0.29) is 0 Å². The Hall–Kier alpha value is -2.32. The van der Waals surface area contributed by atoms with Gasteiger partial charge in [-0.2, -0.15) is 0 Å². The van der Waals surface area contributed by atoms with Gasteiger partial charge in [-0.3, -0.25) is 0 Å². The lowest BCUT2D eigenvalue weighted by molar-refractivity contribution is 1.29. The summed E-state index contributed by atoms with van der Waals surface area (Å²) in [6.07, 6.45) is 0. The van der Waals surface area contributed by atoms with E-state index in [1.807, 2.05) is 18.2 Å². The summed E-state index contributed by atoms with van der Waals surface area (Å²) < 4.78 is 0. The summed E-state index contributed by atoms with van der Waals surface area (Å²) in [4.78, 5) is 2.24. The highest BCUT2D eigenvalue weighted by Crippen LogP contribution is 2.32. The van der Waals surface area contributed by atoms with E-state index in [4.69, 9.17) is 0 Å². The molecule has 0 amide bonds. The first-order valence-corrected chi connectivity index (χ1v) is 7.07. The molecule has 0 atom stereocenters. The Morgan fingerprint density at radius 1 is 0.550 bits per heavy atom. The molecule has 20 heavy (non-hydrogen) atoms. The van der Waals surface area contributed by atoms with Crippen molar-refractivity contribution in [2.75, 3.05) is 4.90 Å². The molecule has 0 heterocycles. The van der Waals surface area contributed by atoms with Crippen LogP contribution in [-0.4, -0.2) is 10.2 Å². The van der Waals surface area contributed by atoms with Gasteiger partial charge in [0.2, 0.25) is 0 Å². The number of para-hydroxylation sites is 3. The Bertz CT molecular complexity index is 641. The zero-order valence-corrected chi connectivity index (χ0v) is 12.0. The SMILES string of the molecule is [Si]c1ccccc1N(c1ccccc1)c1ccccc1. The van der Waals surface area contributed by atoms with Gasteiger partial charge >= 0.3 is 0 Å². The molecule has 3 radical (unpaired) electrons. The number of hydrogen-bond donors (Lipinski definition) is 0. The van der Waals surface area contributed by atoms with Gasteiger partial charge in [0.1, 0.15) is 0 Å². The second kappa shape index (κ2) is 5.76. The highest BCUT2D eigenvalue weighted by molar-refractivity contribution is 6.36. The molecule has 0 aliphatic rings. The van der Waals surface area contributed by atoms with Gasteiger partial charge in [0, 0.05) is 17.1 Å². The first-order chi connectivity index (χ1) is 9.86. The van der Waals surface area contributed by atoms with Crippen molar-refractivity contribution in [2.24, 2.45) is 0 Å². The van der Waals surface area contributed by atoms with E-state index in [2.05, 4.69) is 81.9 Å². The normalized spacial score (nSPS) is 10.2. The quantitative estimate of drug-likeness (QED) is 0.653. The van der Waals surface area contributed by atoms with E-state index >= 15 is 0 Å². The maximum atomic E-state index is 3.71. The molecule has 0 unspecified atom stereocenters. The molecule has 0 aliphatic heterocycles. The summed E-state index contributed by atoms with van der Waals surface area (Å²) in [7, 11) is 3.71. The topological polar surface area (TPSA) is 3.24 Å². The first kappa shape index (κ1) is 12.7. The maximum absolute atomic E-state index is 3.71. The number of benzene rings is 3. The molecule has 3 aromatic carbocycles. The molecular weight excluding hydrogens is 258 g/mol. The third-order valence-corrected chi connectivity index (χ3v) is 3.60. The standard InChI is InChI=1S/C18H14NSi/c20-18-14-8-7-13-17(18)19(15-9-3-1-4-10-15)16-11-5-2-6-12-16/h1-14H. The highest BCUT2D eigenvalue weighted by atomic mass is 28.1. The fourth-order valence-corrected chi connectivity index (χ4v) is 2.54. The fraction of sp³-hybridized carbons (Fsp3) is 0. The van der Waals surface area contributed by atoms with Crippen LogP contribution in [0.1, 0.15) is 0 Å². The Balaban J connectivity index is 2.17. The van der Waals surface area contributed by atoms with Crippen molar-refractivity contribution in [3.63, 3.8) is 0 Å². The summed E-state index contributed by atoms with van der Waals surface area (Å²) in [5, 5.41) is 1.07. The molecule has 0 saturated heterocycles. The van der Waals surface area contributed by atoms with E-state index in [0.29, 0.717) is 0 Å². The third kappa shape index (κ3) is 2.51. The van der Waals surface area contributed by atoms with Crippen LogP contribution in [0, 0.1) is 0 Å². The Morgan fingerprint density at radius 3 is 1.50 bits per heavy atom. The average molecular weight is 272 g/mol. The van der Waals surface area contributed by atoms with E-state index in [1.165, 1.54) is 0 Å². The van der Waals surface area contributed by atoms with E-state index in [9.17, 15) is 0 Å². The predicted octanol–water partition coefficient (Wildman–Crippen LogP) is 3.95. The third-order valence-electron chi connectivity index (χ3n) is 3.17. The van der Waals surface area contributed by atoms with Crippen molar-refractivity contribution in [2.45, 2.75) is 0 Å². The minimum atomic E-state index is 1.07. The van der Waals surface area contributed by atoms with E-state index in [1.54, 1.807) is 0 Å². The average Bonchev–Trinajstić information content (AvgIpc) is 2.52. The van der Waals surface area contributed by atoms with Crippen LogP contribution in [-0.2, 0) is 0 Å². The minimum absolute atomic E-state index is 1.07. The van der Waals surface area contributed by atoms with Crippen molar-refractivity contribution < 1.29 is 0 Å². The number of rotatable bonds is 3. The van der Waals surface area contributed by atoms with Crippen LogP contribution in [0.4, 0.5) is 17.1 Å². The molecule has 0 bridgehead atoms. The lowest BCUT2D eigenvalue weighted by atomic mass is 10.2. The minimum Gasteiger partial charge on any atom is -0.311 e. The van der Waals surface area contributed by atoms with Gasteiger partial charge in [0.25, 0.3) is 0 Å². The van der Waals surface area contributed by atoms with Crippen molar-refractivity contribution >= 4 is 32.5 Å². The Labute approximate surface area is 122 Å². The molecule has 0 saturated carbocycles. The fourth-order valence-electron chi connectivity index (χ4n) is 2.25. The molecule has 3 aromatic rings. The second-order valence-corrected chi connectivity index (χ2v) is 5.06. The van der Waals surface area contributed by atoms with Gasteiger partial charge in [-0.25, -0.2) is 0 Å². The summed E-state index contributed by atoms with van der Waals surface area (Å²) in [6.45, 7) is 0. The summed E-state index contributed by atoms with van der Waals surface area (Å²) in [5.41, 5.74) is 3.41. The first-order valence-electron chi connectivity index (χ1n) is 6.57. The van der Waals surface area contributed by atoms with Gasteiger partial charge in [-0.1, -0.05) is 54.6 Å². The van der Waals surface area contributed by atoms with Crippen molar-refractivity contribution in [1.82, 2.24) is 0 Å². The van der Waals surface area contributed by atoms with Gasteiger partial charge in [-0.15, -0.1) is 0 Å². The maximum Gasteiger partial charge on any atom is 0.0741 e. The lowest BCUT2D eigenvalue weighted by Gasteiger charge is -2.26. The van der Waals surface area contributed by atoms with E-state index < -0.39 is 0 Å². The summed E-state index contributed by atoms with van der Waals surface area (Å²) in [6, 6.07) is 29.0. The smallest absolute Gasteiger partial charge is 0.0741 e. The molecule has 0 fully saturated rings. The molecule has 2 heteroatoms. The molecular formula is C18H14NSi. The van der Waals surface area contributed by atoms with Crippen LogP contribution < -0.4 is 10.1 Å².